The number of nitrogens with one attached hydrogen (secondary N) is 4. The Bertz CT molecular complexity index is 895. The number of amides is 6. The smallest absolute Gasteiger partial charge is 0.318 e. The summed E-state index contributed by atoms with van der Waals surface area (Å²) in [5, 5.41) is 20.1. The number of morpholine rings is 1. The van der Waals surface area contributed by atoms with Crippen molar-refractivity contribution in [3.63, 3.8) is 0 Å². The lowest BCUT2D eigenvalue weighted by atomic mass is 10.0. The topological polar surface area (TPSA) is 235 Å². The molecule has 1 aliphatic heterocycles. The van der Waals surface area contributed by atoms with Gasteiger partial charge < -0.3 is 47.5 Å². The number of hydrogen-bond acceptors (Lipinski definition) is 9. The number of Topliss-reactive ketones (excluding diaryl/α,β-unsaturated/α-hetero) is 1. The van der Waals surface area contributed by atoms with E-state index in [0.717, 1.165) is 0 Å². The van der Waals surface area contributed by atoms with E-state index in [2.05, 4.69) is 21.3 Å². The molecule has 15 heteroatoms. The van der Waals surface area contributed by atoms with Crippen molar-refractivity contribution >= 4 is 35.4 Å². The fourth-order valence-corrected chi connectivity index (χ4v) is 4.15. The van der Waals surface area contributed by atoms with E-state index in [1.807, 2.05) is 13.8 Å². The van der Waals surface area contributed by atoms with Crippen LogP contribution < -0.4 is 32.7 Å². The summed E-state index contributed by atoms with van der Waals surface area (Å²) >= 11 is 0. The monoisotopic (exact) mass is 585 g/mol. The zero-order chi connectivity index (χ0) is 30.9. The minimum atomic E-state index is -1.31. The standard InChI is InChI=1S/C26H47N7O8/c1-16(2)14-20(24(38)29-18(17(3)35)7-8-22(28)36)31-23(37)19(6-4-5-9-27)30-25(39)21(15-34)32-26(40)33-10-12-41-13-11-33/h16,18-21,34H,4-15,27H2,1-3H3,(H2,28,36)(H,29,38)(H,30,39)(H,31,37)(H,32,40). The van der Waals surface area contributed by atoms with Crippen LogP contribution in [0.5, 0.6) is 0 Å². The van der Waals surface area contributed by atoms with E-state index in [9.17, 15) is 33.9 Å². The van der Waals surface area contributed by atoms with Crippen LogP contribution in [0.25, 0.3) is 0 Å². The largest absolute Gasteiger partial charge is 0.394 e. The van der Waals surface area contributed by atoms with E-state index in [1.165, 1.54) is 11.8 Å². The lowest BCUT2D eigenvalue weighted by Crippen LogP contribution is -2.59. The SMILES string of the molecule is CC(=O)C(CCC(N)=O)NC(=O)C(CC(C)C)NC(=O)C(CCCCN)NC(=O)C(CO)NC(=O)N1CCOCC1. The molecule has 1 saturated heterocycles. The number of carbonyl (C=O) groups excluding carboxylic acids is 6. The predicted molar refractivity (Wildman–Crippen MR) is 149 cm³/mol. The molecule has 0 bridgehead atoms. The van der Waals surface area contributed by atoms with Gasteiger partial charge in [0.05, 0.1) is 25.9 Å². The van der Waals surface area contributed by atoms with Gasteiger partial charge in [0.2, 0.25) is 23.6 Å². The van der Waals surface area contributed by atoms with Crippen LogP contribution in [0.3, 0.4) is 0 Å². The molecule has 234 valence electrons. The molecule has 0 saturated carbocycles. The van der Waals surface area contributed by atoms with Crippen LogP contribution in [0, 0.1) is 5.92 Å². The van der Waals surface area contributed by atoms with Crippen molar-refractivity contribution in [2.45, 2.75) is 83.5 Å². The molecule has 4 atom stereocenters. The average molecular weight is 586 g/mol. The molecule has 9 N–H and O–H groups in total. The summed E-state index contributed by atoms with van der Waals surface area (Å²) in [4.78, 5) is 76.6. The maximum atomic E-state index is 13.3. The Kier molecular flexibility index (Phi) is 16.5. The van der Waals surface area contributed by atoms with E-state index in [4.69, 9.17) is 16.2 Å². The van der Waals surface area contributed by atoms with E-state index >= 15 is 0 Å². The highest BCUT2D eigenvalue weighted by molar-refractivity contribution is 5.95. The zero-order valence-corrected chi connectivity index (χ0v) is 24.3. The number of nitrogens with two attached hydrogens (primary N) is 2. The average Bonchev–Trinajstić information content (AvgIpc) is 2.92. The van der Waals surface area contributed by atoms with Crippen molar-refractivity contribution in [1.82, 2.24) is 26.2 Å². The van der Waals surface area contributed by atoms with Gasteiger partial charge >= 0.3 is 6.03 Å². The fourth-order valence-electron chi connectivity index (χ4n) is 4.15. The second-order valence-corrected chi connectivity index (χ2v) is 10.5. The Hall–Kier alpha value is -3.30. The maximum absolute atomic E-state index is 13.3. The number of rotatable bonds is 18. The number of primary amides is 1. The summed E-state index contributed by atoms with van der Waals surface area (Å²) in [7, 11) is 0. The molecule has 0 aliphatic carbocycles. The first-order valence-electron chi connectivity index (χ1n) is 14.0. The maximum Gasteiger partial charge on any atom is 0.318 e. The minimum Gasteiger partial charge on any atom is -0.394 e. The van der Waals surface area contributed by atoms with E-state index in [-0.39, 0.29) is 37.4 Å². The Morgan fingerprint density at radius 1 is 0.829 bits per heavy atom. The van der Waals surface area contributed by atoms with Gasteiger partial charge in [0.15, 0.2) is 5.78 Å². The van der Waals surface area contributed by atoms with E-state index < -0.39 is 60.4 Å². The van der Waals surface area contributed by atoms with Crippen molar-refractivity contribution in [2.75, 3.05) is 39.5 Å². The Morgan fingerprint density at radius 3 is 1.93 bits per heavy atom. The van der Waals surface area contributed by atoms with E-state index in [0.29, 0.717) is 45.7 Å². The van der Waals surface area contributed by atoms with Gasteiger partial charge in [-0.15, -0.1) is 0 Å². The Labute approximate surface area is 240 Å². The molecule has 0 aromatic heterocycles. The molecule has 1 rings (SSSR count). The number of urea groups is 1. The molecule has 6 amide bonds. The molecule has 1 heterocycles. The highest BCUT2D eigenvalue weighted by Gasteiger charge is 2.31. The van der Waals surface area contributed by atoms with Gasteiger partial charge in [-0.3, -0.25) is 24.0 Å². The van der Waals surface area contributed by atoms with Gasteiger partial charge in [0.25, 0.3) is 0 Å². The fraction of sp³-hybridized carbons (Fsp3) is 0.769. The molecule has 15 nitrogen and oxygen atoms in total. The third kappa shape index (κ3) is 13.7. The highest BCUT2D eigenvalue weighted by Crippen LogP contribution is 2.09. The van der Waals surface area contributed by atoms with Gasteiger partial charge in [-0.05, 0) is 51.5 Å². The van der Waals surface area contributed by atoms with Gasteiger partial charge in [0, 0.05) is 19.5 Å². The lowest BCUT2D eigenvalue weighted by Gasteiger charge is -2.29. The lowest BCUT2D eigenvalue weighted by molar-refractivity contribution is -0.134. The molecule has 41 heavy (non-hydrogen) atoms. The number of aliphatic hydroxyl groups excluding tert-OH is 1. The molecule has 0 aromatic carbocycles. The molecule has 1 aliphatic rings. The van der Waals surface area contributed by atoms with Gasteiger partial charge in [-0.25, -0.2) is 4.79 Å². The third-order valence-corrected chi connectivity index (χ3v) is 6.50. The molecular weight excluding hydrogens is 538 g/mol. The summed E-state index contributed by atoms with van der Waals surface area (Å²) in [5.41, 5.74) is 10.8. The molecule has 4 unspecified atom stereocenters. The minimum absolute atomic E-state index is 0.0214. The van der Waals surface area contributed by atoms with Crippen LogP contribution in [0.15, 0.2) is 0 Å². The highest BCUT2D eigenvalue weighted by atomic mass is 16.5. The van der Waals surface area contributed by atoms with Crippen molar-refractivity contribution in [3.8, 4) is 0 Å². The van der Waals surface area contributed by atoms with Crippen LogP contribution >= 0.6 is 0 Å². The van der Waals surface area contributed by atoms with Crippen LogP contribution in [0.4, 0.5) is 4.79 Å². The number of hydrogen-bond donors (Lipinski definition) is 7. The molecule has 0 radical (unpaired) electrons. The summed E-state index contributed by atoms with van der Waals surface area (Å²) in [6.45, 7) is 6.04. The number of nitrogens with zero attached hydrogens (tertiary/aromatic N) is 1. The van der Waals surface area contributed by atoms with Crippen molar-refractivity contribution in [2.24, 2.45) is 17.4 Å². The molecule has 1 fully saturated rings. The Balaban J connectivity index is 2.99. The summed E-state index contributed by atoms with van der Waals surface area (Å²) < 4.78 is 5.21. The normalized spacial score (nSPS) is 16.2. The number of ketones is 1. The second kappa shape index (κ2) is 18.9. The van der Waals surface area contributed by atoms with Crippen LogP contribution in [-0.4, -0.2) is 109 Å². The van der Waals surface area contributed by atoms with E-state index in [1.54, 1.807) is 0 Å². The summed E-state index contributed by atoms with van der Waals surface area (Å²) in [6.07, 6.45) is 1.40. The first-order valence-corrected chi connectivity index (χ1v) is 14.0. The Morgan fingerprint density at radius 2 is 1.39 bits per heavy atom. The summed E-state index contributed by atoms with van der Waals surface area (Å²) in [6, 6.07) is -4.95. The van der Waals surface area contributed by atoms with Crippen LogP contribution in [0.2, 0.25) is 0 Å². The van der Waals surface area contributed by atoms with Crippen LogP contribution in [-0.2, 0) is 28.7 Å². The number of ether oxygens (including phenoxy) is 1. The molecular formula is C26H47N7O8. The zero-order valence-electron chi connectivity index (χ0n) is 24.3. The quantitative estimate of drug-likeness (QED) is 0.0869. The first kappa shape index (κ1) is 35.7. The van der Waals surface area contributed by atoms with Crippen molar-refractivity contribution in [3.05, 3.63) is 0 Å². The molecule has 0 aromatic rings. The third-order valence-electron chi connectivity index (χ3n) is 6.50. The number of carbonyl (C=O) groups is 6. The number of aliphatic hydroxyl groups is 1. The van der Waals surface area contributed by atoms with Crippen LogP contribution in [0.1, 0.15) is 59.3 Å². The second-order valence-electron chi connectivity index (χ2n) is 10.5. The van der Waals surface area contributed by atoms with Gasteiger partial charge in [-0.2, -0.15) is 0 Å². The molecule has 0 spiro atoms. The summed E-state index contributed by atoms with van der Waals surface area (Å²) in [5.74, 6) is -3.04. The van der Waals surface area contributed by atoms with Gasteiger partial charge in [0.1, 0.15) is 18.1 Å². The number of unbranched alkanes of at least 4 members (excludes halogenated alkanes) is 1. The van der Waals surface area contributed by atoms with Crippen molar-refractivity contribution in [1.29, 1.82) is 0 Å². The van der Waals surface area contributed by atoms with Gasteiger partial charge in [-0.1, -0.05) is 13.8 Å². The predicted octanol–water partition coefficient (Wildman–Crippen LogP) is -2.13. The first-order chi connectivity index (χ1) is 19.4. The van der Waals surface area contributed by atoms with Crippen molar-refractivity contribution < 1.29 is 38.6 Å².